The van der Waals surface area contributed by atoms with Crippen LogP contribution in [-0.2, 0) is 0 Å². The highest BCUT2D eigenvalue weighted by molar-refractivity contribution is 7.25. The first-order valence-corrected chi connectivity index (χ1v) is 19.8. The van der Waals surface area contributed by atoms with Gasteiger partial charge in [0.15, 0.2) is 17.5 Å². The molecule has 0 unspecified atom stereocenters. The van der Waals surface area contributed by atoms with E-state index in [2.05, 4.69) is 132 Å². The van der Waals surface area contributed by atoms with Gasteiger partial charge in [-0.15, -0.1) is 11.3 Å². The van der Waals surface area contributed by atoms with Gasteiger partial charge in [0.2, 0.25) is 0 Å². The van der Waals surface area contributed by atoms with Crippen molar-refractivity contribution in [3.8, 4) is 51.0 Å². The molecule has 0 aliphatic heterocycles. The minimum Gasteiger partial charge on any atom is -0.456 e. The van der Waals surface area contributed by atoms with Gasteiger partial charge in [0, 0.05) is 64.0 Å². The summed E-state index contributed by atoms with van der Waals surface area (Å²) < 4.78 is 11.1. The molecular formula is C51H30N4OS. The minimum atomic E-state index is 0.601. The molecule has 12 rings (SSSR count). The molecule has 0 N–H and O–H groups in total. The summed E-state index contributed by atoms with van der Waals surface area (Å²) >= 11 is 1.80. The van der Waals surface area contributed by atoms with Gasteiger partial charge >= 0.3 is 0 Å². The Morgan fingerprint density at radius 3 is 1.72 bits per heavy atom. The Kier molecular flexibility index (Phi) is 7.03. The van der Waals surface area contributed by atoms with E-state index in [1.165, 1.54) is 53.1 Å². The van der Waals surface area contributed by atoms with Crippen molar-refractivity contribution in [3.63, 3.8) is 0 Å². The van der Waals surface area contributed by atoms with Crippen molar-refractivity contribution >= 4 is 75.3 Å². The molecule has 0 aliphatic rings. The molecule has 4 aromatic heterocycles. The van der Waals surface area contributed by atoms with E-state index in [1.54, 1.807) is 11.3 Å². The first kappa shape index (κ1) is 31.9. The number of hydrogen-bond acceptors (Lipinski definition) is 5. The Bertz CT molecular complexity index is 3490. The zero-order chi connectivity index (χ0) is 37.5. The molecule has 0 radical (unpaired) electrons. The van der Waals surface area contributed by atoms with Crippen LogP contribution in [0.1, 0.15) is 0 Å². The van der Waals surface area contributed by atoms with Crippen LogP contribution < -0.4 is 0 Å². The van der Waals surface area contributed by atoms with Gasteiger partial charge in [0.25, 0.3) is 0 Å². The van der Waals surface area contributed by atoms with Crippen LogP contribution in [0.2, 0.25) is 0 Å². The zero-order valence-corrected chi connectivity index (χ0v) is 31.2. The Balaban J connectivity index is 0.980. The summed E-state index contributed by atoms with van der Waals surface area (Å²) in [6.45, 7) is 0. The average molecular weight is 747 g/mol. The van der Waals surface area contributed by atoms with Gasteiger partial charge in [-0.1, -0.05) is 127 Å². The van der Waals surface area contributed by atoms with Crippen LogP contribution in [0.25, 0.3) is 115 Å². The van der Waals surface area contributed by atoms with Gasteiger partial charge in [0.05, 0.1) is 16.7 Å². The standard InChI is InChI=1S/C51H30N4OS/c1-2-12-31(13-3-1)49-52-50(33-22-25-39-38-17-7-11-21-45(38)56-46(39)29-33)54-51(53-49)34-23-26-40-41-28-32(24-27-47(41)57-48(40)30-34)35-14-4-8-18-42(35)55-43-19-9-5-15-36(43)37-16-6-10-20-44(37)55/h1-30H. The molecule has 0 aliphatic carbocycles. The van der Waals surface area contributed by atoms with E-state index in [4.69, 9.17) is 19.4 Å². The van der Waals surface area contributed by atoms with Gasteiger partial charge in [-0.3, -0.25) is 0 Å². The van der Waals surface area contributed by atoms with Crippen LogP contribution in [0.15, 0.2) is 186 Å². The summed E-state index contributed by atoms with van der Waals surface area (Å²) in [4.78, 5) is 15.1. The molecule has 5 nitrogen and oxygen atoms in total. The second-order valence-corrected chi connectivity index (χ2v) is 15.5. The van der Waals surface area contributed by atoms with E-state index < -0.39 is 0 Å². The fraction of sp³-hybridized carbons (Fsp3) is 0. The maximum atomic E-state index is 6.25. The number of para-hydroxylation sites is 4. The Morgan fingerprint density at radius 1 is 0.368 bits per heavy atom. The number of hydrogen-bond donors (Lipinski definition) is 0. The third-order valence-electron chi connectivity index (χ3n) is 11.1. The minimum absolute atomic E-state index is 0.601. The molecule has 8 aromatic carbocycles. The van der Waals surface area contributed by atoms with E-state index in [9.17, 15) is 0 Å². The molecule has 0 amide bonds. The third-order valence-corrected chi connectivity index (χ3v) is 12.2. The normalized spacial score (nSPS) is 11.9. The number of thiophene rings is 1. The number of fused-ring (bicyclic) bond motifs is 9. The Hall–Kier alpha value is -7.41. The lowest BCUT2D eigenvalue weighted by atomic mass is 10.0. The highest BCUT2D eigenvalue weighted by Gasteiger charge is 2.18. The van der Waals surface area contributed by atoms with Crippen LogP contribution in [-0.4, -0.2) is 19.5 Å². The fourth-order valence-corrected chi connectivity index (χ4v) is 9.52. The van der Waals surface area contributed by atoms with Crippen molar-refractivity contribution in [1.82, 2.24) is 19.5 Å². The van der Waals surface area contributed by atoms with Crippen molar-refractivity contribution in [2.45, 2.75) is 0 Å². The van der Waals surface area contributed by atoms with Gasteiger partial charge < -0.3 is 8.98 Å². The third kappa shape index (κ3) is 5.12. The van der Waals surface area contributed by atoms with Crippen molar-refractivity contribution in [2.24, 2.45) is 0 Å². The number of aromatic nitrogens is 4. The lowest BCUT2D eigenvalue weighted by Gasteiger charge is -2.14. The maximum absolute atomic E-state index is 6.25. The van der Waals surface area contributed by atoms with E-state index in [-0.39, 0.29) is 0 Å². The van der Waals surface area contributed by atoms with Gasteiger partial charge in [-0.05, 0) is 60.2 Å². The Labute approximate surface area is 330 Å². The SMILES string of the molecule is c1ccc(-c2nc(-c3ccc4c(c3)oc3ccccc34)nc(-c3ccc4c(c3)sc3ccc(-c5ccccc5-n5c6ccccc6c6ccccc65)cc34)n2)cc1. The molecule has 57 heavy (non-hydrogen) atoms. The van der Waals surface area contributed by atoms with E-state index >= 15 is 0 Å². The number of nitrogens with zero attached hydrogens (tertiary/aromatic N) is 4. The van der Waals surface area contributed by atoms with Crippen LogP contribution in [0, 0.1) is 0 Å². The van der Waals surface area contributed by atoms with E-state index in [1.807, 2.05) is 54.6 Å². The van der Waals surface area contributed by atoms with Gasteiger partial charge in [0.1, 0.15) is 11.2 Å². The molecular weight excluding hydrogens is 717 g/mol. The predicted octanol–water partition coefficient (Wildman–Crippen LogP) is 13.9. The fourth-order valence-electron chi connectivity index (χ4n) is 8.39. The molecule has 4 heterocycles. The maximum Gasteiger partial charge on any atom is 0.164 e. The van der Waals surface area contributed by atoms with Crippen LogP contribution in [0.5, 0.6) is 0 Å². The number of rotatable bonds is 5. The quantitative estimate of drug-likeness (QED) is 0.176. The second kappa shape index (κ2) is 12.6. The monoisotopic (exact) mass is 746 g/mol. The summed E-state index contributed by atoms with van der Waals surface area (Å²) in [5.41, 5.74) is 10.4. The molecule has 0 saturated heterocycles. The van der Waals surface area contributed by atoms with Crippen LogP contribution >= 0.6 is 11.3 Å². The topological polar surface area (TPSA) is 56.7 Å². The van der Waals surface area contributed by atoms with E-state index in [0.717, 1.165) is 44.3 Å². The molecule has 0 saturated carbocycles. The van der Waals surface area contributed by atoms with E-state index in [0.29, 0.717) is 17.5 Å². The van der Waals surface area contributed by atoms with Crippen molar-refractivity contribution in [2.75, 3.05) is 0 Å². The predicted molar refractivity (Wildman–Crippen MR) is 236 cm³/mol. The number of benzene rings is 8. The van der Waals surface area contributed by atoms with Crippen molar-refractivity contribution in [1.29, 1.82) is 0 Å². The first-order chi connectivity index (χ1) is 28.2. The van der Waals surface area contributed by atoms with Crippen molar-refractivity contribution in [3.05, 3.63) is 182 Å². The molecule has 0 atom stereocenters. The molecule has 12 aromatic rings. The lowest BCUT2D eigenvalue weighted by molar-refractivity contribution is 0.669. The summed E-state index contributed by atoms with van der Waals surface area (Å²) in [5.74, 6) is 1.86. The lowest BCUT2D eigenvalue weighted by Crippen LogP contribution is -2.00. The summed E-state index contributed by atoms with van der Waals surface area (Å²) in [5, 5.41) is 7.12. The Morgan fingerprint density at radius 2 is 0.947 bits per heavy atom. The summed E-state index contributed by atoms with van der Waals surface area (Å²) in [7, 11) is 0. The molecule has 266 valence electrons. The summed E-state index contributed by atoms with van der Waals surface area (Å²) in [6.07, 6.45) is 0. The molecule has 0 spiro atoms. The average Bonchev–Trinajstić information content (AvgIpc) is 3.95. The second-order valence-electron chi connectivity index (χ2n) is 14.4. The first-order valence-electron chi connectivity index (χ1n) is 19.0. The van der Waals surface area contributed by atoms with Crippen molar-refractivity contribution < 1.29 is 4.42 Å². The smallest absolute Gasteiger partial charge is 0.164 e. The van der Waals surface area contributed by atoms with Crippen LogP contribution in [0.4, 0.5) is 0 Å². The zero-order valence-electron chi connectivity index (χ0n) is 30.4. The molecule has 6 heteroatoms. The highest BCUT2D eigenvalue weighted by atomic mass is 32.1. The largest absolute Gasteiger partial charge is 0.456 e. The summed E-state index contributed by atoms with van der Waals surface area (Å²) in [6, 6.07) is 64.0. The number of furan rings is 1. The van der Waals surface area contributed by atoms with Gasteiger partial charge in [-0.2, -0.15) is 0 Å². The molecule has 0 fully saturated rings. The molecule has 0 bridgehead atoms. The van der Waals surface area contributed by atoms with Gasteiger partial charge in [-0.25, -0.2) is 15.0 Å². The van der Waals surface area contributed by atoms with Crippen LogP contribution in [0.3, 0.4) is 0 Å². The highest BCUT2D eigenvalue weighted by Crippen LogP contribution is 2.41.